The predicted molar refractivity (Wildman–Crippen MR) is 30.5 cm³/mol. The summed E-state index contributed by atoms with van der Waals surface area (Å²) in [6, 6.07) is 0.485. The van der Waals surface area contributed by atoms with Gasteiger partial charge in [0, 0.05) is 11.5 Å². The fourth-order valence-electron chi connectivity index (χ4n) is 1.68. The first-order valence-corrected chi connectivity index (χ1v) is 3.14. The van der Waals surface area contributed by atoms with Crippen LogP contribution in [0.2, 0.25) is 0 Å². The molecule has 1 saturated carbocycles. The van der Waals surface area contributed by atoms with Gasteiger partial charge in [-0.15, -0.1) is 0 Å². The van der Waals surface area contributed by atoms with Crippen molar-refractivity contribution in [1.82, 2.24) is 0 Å². The Morgan fingerprint density at radius 3 is 2.12 bits per heavy atom. The molecule has 0 radical (unpaired) electrons. The Kier molecular flexibility index (Phi) is 0.746. The highest BCUT2D eigenvalue weighted by atomic mass is 16.5. The molecular formula is C6H11NO. The van der Waals surface area contributed by atoms with E-state index in [0.29, 0.717) is 11.5 Å². The third kappa shape index (κ3) is 0.446. The summed E-state index contributed by atoms with van der Waals surface area (Å²) in [5, 5.41) is 0. The van der Waals surface area contributed by atoms with Gasteiger partial charge in [-0.2, -0.15) is 0 Å². The Balaban J connectivity index is 1.92. The second kappa shape index (κ2) is 1.25. The van der Waals surface area contributed by atoms with Gasteiger partial charge in [-0.1, -0.05) is 0 Å². The highest BCUT2D eigenvalue weighted by Crippen LogP contribution is 2.45. The maximum atomic E-state index is 5.61. The number of rotatable bonds is 0. The molecule has 0 aromatic heterocycles. The van der Waals surface area contributed by atoms with Gasteiger partial charge in [0.25, 0.3) is 0 Å². The van der Waals surface area contributed by atoms with Crippen molar-refractivity contribution in [3.8, 4) is 0 Å². The zero-order valence-corrected chi connectivity index (χ0v) is 4.89. The van der Waals surface area contributed by atoms with Gasteiger partial charge in [-0.3, -0.25) is 0 Å². The molecule has 0 amide bonds. The smallest absolute Gasteiger partial charge is 0.0545 e. The van der Waals surface area contributed by atoms with Gasteiger partial charge in [0.1, 0.15) is 0 Å². The van der Waals surface area contributed by atoms with Gasteiger partial charge in [0.05, 0.1) is 13.2 Å². The van der Waals surface area contributed by atoms with Gasteiger partial charge in [0.15, 0.2) is 0 Å². The molecule has 0 bridgehead atoms. The lowest BCUT2D eigenvalue weighted by Crippen LogP contribution is -2.57. The third-order valence-electron chi connectivity index (χ3n) is 2.21. The molecule has 46 valence electrons. The summed E-state index contributed by atoms with van der Waals surface area (Å²) >= 11 is 0. The standard InChI is InChI=1S/C6H11NO/c7-5-1-6(2-5)3-8-4-6/h5H,1-4,7H2. The molecule has 2 heteroatoms. The number of hydrogen-bond acceptors (Lipinski definition) is 2. The van der Waals surface area contributed by atoms with E-state index in [4.69, 9.17) is 10.5 Å². The lowest BCUT2D eigenvalue weighted by molar-refractivity contribution is -0.162. The fourth-order valence-corrected chi connectivity index (χ4v) is 1.68. The molecule has 8 heavy (non-hydrogen) atoms. The van der Waals surface area contributed by atoms with Crippen molar-refractivity contribution in [2.75, 3.05) is 13.2 Å². The van der Waals surface area contributed by atoms with E-state index in [2.05, 4.69) is 0 Å². The molecule has 0 atom stereocenters. The molecule has 0 aromatic carbocycles. The molecule has 2 N–H and O–H groups in total. The summed E-state index contributed by atoms with van der Waals surface area (Å²) in [5.41, 5.74) is 6.18. The summed E-state index contributed by atoms with van der Waals surface area (Å²) in [4.78, 5) is 0. The topological polar surface area (TPSA) is 35.2 Å². The van der Waals surface area contributed by atoms with Crippen LogP contribution in [0.4, 0.5) is 0 Å². The van der Waals surface area contributed by atoms with E-state index in [1.807, 2.05) is 0 Å². The molecule has 2 rings (SSSR count). The van der Waals surface area contributed by atoms with Crippen molar-refractivity contribution >= 4 is 0 Å². The summed E-state index contributed by atoms with van der Waals surface area (Å²) < 4.78 is 5.07. The normalized spacial score (nSPS) is 34.1. The number of hydrogen-bond donors (Lipinski definition) is 1. The zero-order chi connectivity index (χ0) is 5.61. The van der Waals surface area contributed by atoms with Crippen LogP contribution in [0.15, 0.2) is 0 Å². The summed E-state index contributed by atoms with van der Waals surface area (Å²) in [7, 11) is 0. The van der Waals surface area contributed by atoms with E-state index >= 15 is 0 Å². The monoisotopic (exact) mass is 113 g/mol. The first-order chi connectivity index (χ1) is 3.81. The SMILES string of the molecule is NC1CC2(COC2)C1. The Hall–Kier alpha value is -0.0800. The van der Waals surface area contributed by atoms with Crippen molar-refractivity contribution in [3.05, 3.63) is 0 Å². The molecule has 0 unspecified atom stereocenters. The Bertz CT molecular complexity index is 101. The molecule has 1 spiro atoms. The molecule has 1 aliphatic carbocycles. The van der Waals surface area contributed by atoms with Crippen LogP contribution in [0.5, 0.6) is 0 Å². The first kappa shape index (κ1) is 4.77. The minimum absolute atomic E-state index is 0.485. The van der Waals surface area contributed by atoms with Crippen molar-refractivity contribution < 1.29 is 4.74 Å². The van der Waals surface area contributed by atoms with Crippen LogP contribution < -0.4 is 5.73 Å². The van der Waals surface area contributed by atoms with E-state index < -0.39 is 0 Å². The van der Waals surface area contributed by atoms with Crippen LogP contribution in [-0.2, 0) is 4.74 Å². The van der Waals surface area contributed by atoms with Crippen molar-refractivity contribution in [2.45, 2.75) is 18.9 Å². The van der Waals surface area contributed by atoms with Crippen LogP contribution >= 0.6 is 0 Å². The molecular weight excluding hydrogens is 102 g/mol. The molecule has 2 aliphatic rings. The third-order valence-corrected chi connectivity index (χ3v) is 2.21. The lowest BCUT2D eigenvalue weighted by atomic mass is 9.64. The first-order valence-electron chi connectivity index (χ1n) is 3.14. The molecule has 2 fully saturated rings. The Morgan fingerprint density at radius 1 is 1.38 bits per heavy atom. The van der Waals surface area contributed by atoms with Crippen LogP contribution in [0.3, 0.4) is 0 Å². The van der Waals surface area contributed by atoms with Crippen LogP contribution in [0.25, 0.3) is 0 Å². The molecule has 0 aromatic rings. The quantitative estimate of drug-likeness (QED) is 0.484. The molecule has 1 saturated heterocycles. The number of ether oxygens (including phenoxy) is 1. The maximum absolute atomic E-state index is 5.61. The van der Waals surface area contributed by atoms with Gasteiger partial charge in [-0.25, -0.2) is 0 Å². The zero-order valence-electron chi connectivity index (χ0n) is 4.89. The van der Waals surface area contributed by atoms with Gasteiger partial charge >= 0.3 is 0 Å². The Morgan fingerprint density at radius 2 is 2.00 bits per heavy atom. The van der Waals surface area contributed by atoms with Crippen LogP contribution in [-0.4, -0.2) is 19.3 Å². The summed E-state index contributed by atoms with van der Waals surface area (Å²) in [6.45, 7) is 1.95. The van der Waals surface area contributed by atoms with E-state index in [1.54, 1.807) is 0 Å². The Labute approximate surface area is 49.0 Å². The second-order valence-corrected chi connectivity index (χ2v) is 3.16. The minimum Gasteiger partial charge on any atom is -0.380 e. The van der Waals surface area contributed by atoms with Crippen molar-refractivity contribution in [3.63, 3.8) is 0 Å². The largest absolute Gasteiger partial charge is 0.380 e. The lowest BCUT2D eigenvalue weighted by Gasteiger charge is -2.52. The summed E-state index contributed by atoms with van der Waals surface area (Å²) in [5.74, 6) is 0. The van der Waals surface area contributed by atoms with E-state index in [9.17, 15) is 0 Å². The summed E-state index contributed by atoms with van der Waals surface area (Å²) in [6.07, 6.45) is 2.40. The van der Waals surface area contributed by atoms with Crippen molar-refractivity contribution in [2.24, 2.45) is 11.1 Å². The van der Waals surface area contributed by atoms with Crippen LogP contribution in [0.1, 0.15) is 12.8 Å². The van der Waals surface area contributed by atoms with E-state index in [-0.39, 0.29) is 0 Å². The van der Waals surface area contributed by atoms with Gasteiger partial charge in [0.2, 0.25) is 0 Å². The predicted octanol–water partition coefficient (Wildman–Crippen LogP) is 0.124. The minimum atomic E-state index is 0.485. The number of nitrogens with two attached hydrogens (primary N) is 1. The van der Waals surface area contributed by atoms with Gasteiger partial charge < -0.3 is 10.5 Å². The molecule has 2 nitrogen and oxygen atoms in total. The molecule has 1 heterocycles. The van der Waals surface area contributed by atoms with Crippen LogP contribution in [0, 0.1) is 5.41 Å². The maximum Gasteiger partial charge on any atom is 0.0545 e. The highest BCUT2D eigenvalue weighted by Gasteiger charge is 2.48. The molecule has 1 aliphatic heterocycles. The van der Waals surface area contributed by atoms with Crippen molar-refractivity contribution in [1.29, 1.82) is 0 Å². The van der Waals surface area contributed by atoms with E-state index in [1.165, 1.54) is 12.8 Å². The van der Waals surface area contributed by atoms with E-state index in [0.717, 1.165) is 13.2 Å². The average Bonchev–Trinajstić information content (AvgIpc) is 1.51. The average molecular weight is 113 g/mol. The fraction of sp³-hybridized carbons (Fsp3) is 1.00. The van der Waals surface area contributed by atoms with Gasteiger partial charge in [-0.05, 0) is 12.8 Å². The highest BCUT2D eigenvalue weighted by molar-refractivity contribution is 4.99. The second-order valence-electron chi connectivity index (χ2n) is 3.16.